The fourth-order valence-corrected chi connectivity index (χ4v) is 2.83. The van der Waals surface area contributed by atoms with Crippen LogP contribution in [0.5, 0.6) is 5.75 Å². The maximum absolute atomic E-state index is 13.2. The lowest BCUT2D eigenvalue weighted by molar-refractivity contribution is -0.140. The third-order valence-electron chi connectivity index (χ3n) is 4.04. The van der Waals surface area contributed by atoms with Crippen molar-refractivity contribution in [1.82, 2.24) is 10.6 Å². The summed E-state index contributed by atoms with van der Waals surface area (Å²) >= 11 is 0. The Kier molecular flexibility index (Phi) is 5.81. The Morgan fingerprint density at radius 3 is 2.62 bits per heavy atom. The topological polar surface area (TPSA) is 89.8 Å². The van der Waals surface area contributed by atoms with Crippen molar-refractivity contribution < 1.29 is 36.7 Å². The van der Waals surface area contributed by atoms with Crippen molar-refractivity contribution in [1.29, 1.82) is 0 Å². The van der Waals surface area contributed by atoms with Crippen LogP contribution in [0.25, 0.3) is 0 Å². The van der Waals surface area contributed by atoms with E-state index >= 15 is 0 Å². The molecule has 0 saturated heterocycles. The van der Waals surface area contributed by atoms with Crippen molar-refractivity contribution in [2.45, 2.75) is 19.1 Å². The number of benzene rings is 1. The third-order valence-corrected chi connectivity index (χ3v) is 4.04. The van der Waals surface area contributed by atoms with Crippen LogP contribution in [0.4, 0.5) is 18.0 Å². The molecule has 1 atom stereocenters. The molecule has 2 N–H and O–H groups in total. The molecule has 1 aliphatic heterocycles. The minimum atomic E-state index is -4.62. The highest BCUT2D eigenvalue weighted by molar-refractivity contribution is 5.95. The Bertz CT molecular complexity index is 922. The molecule has 0 aliphatic carbocycles. The summed E-state index contributed by atoms with van der Waals surface area (Å²) in [5, 5.41) is 4.94. The van der Waals surface area contributed by atoms with Crippen LogP contribution in [0.3, 0.4) is 0 Å². The van der Waals surface area contributed by atoms with Gasteiger partial charge in [-0.1, -0.05) is 12.1 Å². The summed E-state index contributed by atoms with van der Waals surface area (Å²) in [6.45, 7) is 1.17. The van der Waals surface area contributed by atoms with Crippen molar-refractivity contribution in [3.8, 4) is 5.75 Å². The van der Waals surface area contributed by atoms with E-state index in [1.54, 1.807) is 19.1 Å². The van der Waals surface area contributed by atoms with Gasteiger partial charge >= 0.3 is 18.2 Å². The SMILES string of the molecule is CCOC(=O)C1=C(COc2ccccc2C(F)(F)F)NC(=O)NC1c1ccco1. The minimum absolute atomic E-state index is 0.0223. The molecule has 1 unspecified atom stereocenters. The van der Waals surface area contributed by atoms with Gasteiger partial charge in [0.05, 0.1) is 29.7 Å². The summed E-state index contributed by atoms with van der Waals surface area (Å²) in [5.74, 6) is -0.932. The van der Waals surface area contributed by atoms with Crippen LogP contribution in [0.2, 0.25) is 0 Å². The predicted octanol–water partition coefficient (Wildman–Crippen LogP) is 3.55. The largest absolute Gasteiger partial charge is 0.487 e. The minimum Gasteiger partial charge on any atom is -0.487 e. The van der Waals surface area contributed by atoms with Crippen LogP contribution in [0.15, 0.2) is 58.3 Å². The number of hydrogen-bond donors (Lipinski definition) is 2. The Hall–Kier alpha value is -3.43. The van der Waals surface area contributed by atoms with Gasteiger partial charge in [-0.05, 0) is 31.2 Å². The number of hydrogen-bond acceptors (Lipinski definition) is 5. The molecule has 10 heteroatoms. The number of carbonyl (C=O) groups is 2. The zero-order valence-corrected chi connectivity index (χ0v) is 15.2. The molecule has 0 spiro atoms. The number of carbonyl (C=O) groups excluding carboxylic acids is 2. The Balaban J connectivity index is 1.96. The molecule has 1 aromatic heterocycles. The molecular formula is C19H17F3N2O5. The summed E-state index contributed by atoms with van der Waals surface area (Å²) in [4.78, 5) is 24.6. The zero-order valence-electron chi connectivity index (χ0n) is 15.2. The number of para-hydroxylation sites is 1. The van der Waals surface area contributed by atoms with Gasteiger partial charge < -0.3 is 24.5 Å². The van der Waals surface area contributed by atoms with E-state index in [9.17, 15) is 22.8 Å². The van der Waals surface area contributed by atoms with E-state index in [1.165, 1.54) is 18.4 Å². The third kappa shape index (κ3) is 4.53. The van der Waals surface area contributed by atoms with Gasteiger partial charge in [-0.25, -0.2) is 9.59 Å². The fraction of sp³-hybridized carbons (Fsp3) is 0.263. The molecule has 0 bridgehead atoms. The van der Waals surface area contributed by atoms with Crippen LogP contribution in [-0.4, -0.2) is 25.2 Å². The van der Waals surface area contributed by atoms with Gasteiger partial charge in [0.15, 0.2) is 0 Å². The number of rotatable bonds is 6. The molecule has 1 aromatic carbocycles. The van der Waals surface area contributed by atoms with E-state index in [2.05, 4.69) is 10.6 Å². The number of nitrogens with one attached hydrogen (secondary N) is 2. The van der Waals surface area contributed by atoms with E-state index in [-0.39, 0.29) is 23.6 Å². The van der Waals surface area contributed by atoms with Crippen molar-refractivity contribution in [3.05, 3.63) is 65.3 Å². The number of halogens is 3. The Morgan fingerprint density at radius 1 is 1.21 bits per heavy atom. The Morgan fingerprint density at radius 2 is 1.97 bits per heavy atom. The Labute approximate surface area is 163 Å². The molecule has 2 aromatic rings. The van der Waals surface area contributed by atoms with E-state index in [1.807, 2.05) is 0 Å². The number of ether oxygens (including phenoxy) is 2. The van der Waals surface area contributed by atoms with Crippen molar-refractivity contribution in [2.24, 2.45) is 0 Å². The molecule has 154 valence electrons. The summed E-state index contributed by atoms with van der Waals surface area (Å²) in [6, 6.07) is 6.13. The summed E-state index contributed by atoms with van der Waals surface area (Å²) in [7, 11) is 0. The zero-order chi connectivity index (χ0) is 21.0. The van der Waals surface area contributed by atoms with Crippen LogP contribution < -0.4 is 15.4 Å². The number of alkyl halides is 3. The molecule has 0 fully saturated rings. The second-order valence-electron chi connectivity index (χ2n) is 5.94. The highest BCUT2D eigenvalue weighted by atomic mass is 19.4. The number of urea groups is 1. The second kappa shape index (κ2) is 8.29. The summed E-state index contributed by atoms with van der Waals surface area (Å²) in [6.07, 6.45) is -3.26. The van der Waals surface area contributed by atoms with Crippen molar-refractivity contribution in [2.75, 3.05) is 13.2 Å². The van der Waals surface area contributed by atoms with Crippen LogP contribution in [0, 0.1) is 0 Å². The lowest BCUT2D eigenvalue weighted by Gasteiger charge is -2.28. The van der Waals surface area contributed by atoms with E-state index in [4.69, 9.17) is 13.9 Å². The highest BCUT2D eigenvalue weighted by Crippen LogP contribution is 2.36. The van der Waals surface area contributed by atoms with E-state index < -0.39 is 42.1 Å². The predicted molar refractivity (Wildman–Crippen MR) is 93.7 cm³/mol. The lowest BCUT2D eigenvalue weighted by Crippen LogP contribution is -2.47. The van der Waals surface area contributed by atoms with E-state index in [0.29, 0.717) is 0 Å². The van der Waals surface area contributed by atoms with Gasteiger partial charge in [0, 0.05) is 0 Å². The average molecular weight is 410 g/mol. The van der Waals surface area contributed by atoms with Gasteiger partial charge in [0.2, 0.25) is 0 Å². The molecule has 7 nitrogen and oxygen atoms in total. The maximum Gasteiger partial charge on any atom is 0.419 e. The van der Waals surface area contributed by atoms with Crippen molar-refractivity contribution in [3.63, 3.8) is 0 Å². The first-order valence-corrected chi connectivity index (χ1v) is 8.61. The number of amides is 2. The van der Waals surface area contributed by atoms with Crippen LogP contribution >= 0.6 is 0 Å². The number of esters is 1. The maximum atomic E-state index is 13.2. The quantitative estimate of drug-likeness (QED) is 0.711. The molecule has 3 rings (SSSR count). The summed E-state index contributed by atoms with van der Waals surface area (Å²) < 4.78 is 55.2. The normalized spacial score (nSPS) is 16.8. The first-order valence-electron chi connectivity index (χ1n) is 8.61. The molecule has 0 radical (unpaired) electrons. The van der Waals surface area contributed by atoms with E-state index in [0.717, 1.165) is 12.1 Å². The first-order chi connectivity index (χ1) is 13.8. The molecule has 2 heterocycles. The lowest BCUT2D eigenvalue weighted by atomic mass is 10.0. The molecule has 29 heavy (non-hydrogen) atoms. The van der Waals surface area contributed by atoms with Crippen LogP contribution in [0.1, 0.15) is 24.3 Å². The highest BCUT2D eigenvalue weighted by Gasteiger charge is 2.37. The molecular weight excluding hydrogens is 393 g/mol. The monoisotopic (exact) mass is 410 g/mol. The summed E-state index contributed by atoms with van der Waals surface area (Å²) in [5.41, 5.74) is -1.02. The van der Waals surface area contributed by atoms with Gasteiger partial charge in [-0.2, -0.15) is 13.2 Å². The van der Waals surface area contributed by atoms with Gasteiger partial charge in [0.25, 0.3) is 0 Å². The fourth-order valence-electron chi connectivity index (χ4n) is 2.83. The van der Waals surface area contributed by atoms with Gasteiger partial charge in [-0.3, -0.25) is 0 Å². The molecule has 2 amide bonds. The smallest absolute Gasteiger partial charge is 0.419 e. The second-order valence-corrected chi connectivity index (χ2v) is 5.94. The number of furan rings is 1. The van der Waals surface area contributed by atoms with Gasteiger partial charge in [0.1, 0.15) is 24.2 Å². The molecule has 1 aliphatic rings. The first kappa shape index (κ1) is 20.3. The van der Waals surface area contributed by atoms with Crippen molar-refractivity contribution >= 4 is 12.0 Å². The van der Waals surface area contributed by atoms with Crippen LogP contribution in [-0.2, 0) is 15.7 Å². The molecule has 0 saturated carbocycles. The standard InChI is InChI=1S/C19H17F3N2O5/c1-2-27-17(25)15-12(23-18(26)24-16(15)14-8-5-9-28-14)10-29-13-7-4-3-6-11(13)19(20,21)22/h3-9,16H,2,10H2,1H3,(H2,23,24,26). The average Bonchev–Trinajstić information content (AvgIpc) is 3.20. The van der Waals surface area contributed by atoms with Gasteiger partial charge in [-0.15, -0.1) is 0 Å².